The molecule has 74 valence electrons. The molecule has 0 heterocycles. The van der Waals surface area contributed by atoms with Crippen LogP contribution in [-0.2, 0) is 13.8 Å². The first kappa shape index (κ1) is 12.2. The zero-order valence-electron chi connectivity index (χ0n) is 7.58. The third kappa shape index (κ3) is 6.88. The van der Waals surface area contributed by atoms with Gasteiger partial charge in [0.25, 0.3) is 0 Å². The molecule has 0 N–H and O–H groups in total. The standard InChI is InChI=1S/C7H15ClO3S/c1-6(2)7(3)11-4-5-12(8,9)10/h6-7H,4-5H2,1-3H3. The third-order valence-corrected chi connectivity index (χ3v) is 2.76. The van der Waals surface area contributed by atoms with Crippen LogP contribution < -0.4 is 0 Å². The molecule has 12 heavy (non-hydrogen) atoms. The molecule has 1 unspecified atom stereocenters. The van der Waals surface area contributed by atoms with Crippen molar-refractivity contribution in [1.29, 1.82) is 0 Å². The molecule has 0 aliphatic heterocycles. The minimum atomic E-state index is -3.40. The van der Waals surface area contributed by atoms with Crippen LogP contribution in [0.3, 0.4) is 0 Å². The lowest BCUT2D eigenvalue weighted by Gasteiger charge is -2.15. The van der Waals surface area contributed by atoms with Crippen molar-refractivity contribution < 1.29 is 13.2 Å². The van der Waals surface area contributed by atoms with E-state index in [9.17, 15) is 8.42 Å². The summed E-state index contributed by atoms with van der Waals surface area (Å²) < 4.78 is 26.2. The molecular formula is C7H15ClO3S. The van der Waals surface area contributed by atoms with E-state index in [1.807, 2.05) is 20.8 Å². The number of halogens is 1. The monoisotopic (exact) mass is 214 g/mol. The molecule has 0 saturated carbocycles. The van der Waals surface area contributed by atoms with Gasteiger partial charge >= 0.3 is 0 Å². The first-order valence-corrected chi connectivity index (χ1v) is 6.34. The first-order chi connectivity index (χ1) is 5.33. The Labute approximate surface area is 78.5 Å². The molecule has 0 rings (SSSR count). The zero-order valence-corrected chi connectivity index (χ0v) is 9.15. The summed E-state index contributed by atoms with van der Waals surface area (Å²) in [4.78, 5) is 0. The van der Waals surface area contributed by atoms with Crippen LogP contribution in [0.5, 0.6) is 0 Å². The number of ether oxygens (including phenoxy) is 1. The molecule has 0 aromatic rings. The summed E-state index contributed by atoms with van der Waals surface area (Å²) in [7, 11) is 1.59. The third-order valence-electron chi connectivity index (χ3n) is 1.65. The lowest BCUT2D eigenvalue weighted by Crippen LogP contribution is -2.18. The molecule has 0 fully saturated rings. The van der Waals surface area contributed by atoms with Crippen molar-refractivity contribution >= 4 is 19.7 Å². The number of rotatable bonds is 5. The van der Waals surface area contributed by atoms with Crippen LogP contribution in [-0.4, -0.2) is 26.9 Å². The molecule has 0 aromatic heterocycles. The fourth-order valence-corrected chi connectivity index (χ4v) is 1.01. The van der Waals surface area contributed by atoms with Gasteiger partial charge in [0.05, 0.1) is 18.5 Å². The predicted octanol–water partition coefficient (Wildman–Crippen LogP) is 1.62. The fraction of sp³-hybridized carbons (Fsp3) is 1.00. The zero-order chi connectivity index (χ0) is 9.78. The molecule has 0 spiro atoms. The van der Waals surface area contributed by atoms with E-state index >= 15 is 0 Å². The van der Waals surface area contributed by atoms with Crippen LogP contribution in [0.4, 0.5) is 0 Å². The van der Waals surface area contributed by atoms with E-state index in [4.69, 9.17) is 15.4 Å². The molecule has 0 radical (unpaired) electrons. The van der Waals surface area contributed by atoms with Gasteiger partial charge in [0.15, 0.2) is 0 Å². The molecule has 0 amide bonds. The van der Waals surface area contributed by atoms with Gasteiger partial charge in [0.1, 0.15) is 0 Å². The Kier molecular flexibility index (Phi) is 5.13. The fourth-order valence-electron chi connectivity index (χ4n) is 0.526. The largest absolute Gasteiger partial charge is 0.377 e. The Morgan fingerprint density at radius 2 is 1.83 bits per heavy atom. The SMILES string of the molecule is CC(C)C(C)OCCS(=O)(=O)Cl. The highest BCUT2D eigenvalue weighted by molar-refractivity contribution is 8.13. The maximum atomic E-state index is 10.5. The lowest BCUT2D eigenvalue weighted by atomic mass is 10.1. The molecule has 3 nitrogen and oxygen atoms in total. The van der Waals surface area contributed by atoms with E-state index in [0.717, 1.165) is 0 Å². The second-order valence-electron chi connectivity index (χ2n) is 3.06. The van der Waals surface area contributed by atoms with E-state index in [1.54, 1.807) is 0 Å². The Balaban J connectivity index is 3.58. The summed E-state index contributed by atoms with van der Waals surface area (Å²) in [5, 5.41) is 0. The van der Waals surface area contributed by atoms with E-state index in [-0.39, 0.29) is 18.5 Å². The van der Waals surface area contributed by atoms with E-state index in [1.165, 1.54) is 0 Å². The van der Waals surface area contributed by atoms with Gasteiger partial charge in [-0.15, -0.1) is 0 Å². The van der Waals surface area contributed by atoms with Crippen LogP contribution in [0.2, 0.25) is 0 Å². The highest BCUT2D eigenvalue weighted by Crippen LogP contribution is 2.05. The van der Waals surface area contributed by atoms with Crippen molar-refractivity contribution in [3.8, 4) is 0 Å². The molecule has 0 aliphatic rings. The molecule has 0 aliphatic carbocycles. The maximum Gasteiger partial charge on any atom is 0.234 e. The molecule has 0 aromatic carbocycles. The maximum absolute atomic E-state index is 10.5. The minimum absolute atomic E-state index is 0.0726. The molecule has 0 saturated heterocycles. The van der Waals surface area contributed by atoms with Crippen LogP contribution in [0, 0.1) is 5.92 Å². The normalized spacial score (nSPS) is 15.1. The Morgan fingerprint density at radius 3 is 2.17 bits per heavy atom. The van der Waals surface area contributed by atoms with E-state index < -0.39 is 9.05 Å². The number of hydrogen-bond acceptors (Lipinski definition) is 3. The van der Waals surface area contributed by atoms with Crippen LogP contribution in [0.15, 0.2) is 0 Å². The summed E-state index contributed by atoms with van der Waals surface area (Å²) in [5.41, 5.74) is 0. The van der Waals surface area contributed by atoms with Crippen molar-refractivity contribution in [2.45, 2.75) is 26.9 Å². The van der Waals surface area contributed by atoms with Gasteiger partial charge in [0.2, 0.25) is 9.05 Å². The van der Waals surface area contributed by atoms with Gasteiger partial charge in [-0.3, -0.25) is 0 Å². The smallest absolute Gasteiger partial charge is 0.234 e. The summed E-state index contributed by atoms with van der Waals surface area (Å²) in [6.45, 7) is 6.11. The van der Waals surface area contributed by atoms with Gasteiger partial charge in [0, 0.05) is 10.7 Å². The van der Waals surface area contributed by atoms with Gasteiger partial charge < -0.3 is 4.74 Å². The summed E-state index contributed by atoms with van der Waals surface area (Å²) in [6.07, 6.45) is 0.0726. The summed E-state index contributed by atoms with van der Waals surface area (Å²) >= 11 is 0. The minimum Gasteiger partial charge on any atom is -0.377 e. The van der Waals surface area contributed by atoms with Crippen molar-refractivity contribution in [1.82, 2.24) is 0 Å². The van der Waals surface area contributed by atoms with Crippen molar-refractivity contribution in [2.24, 2.45) is 5.92 Å². The van der Waals surface area contributed by atoms with Crippen LogP contribution in [0.25, 0.3) is 0 Å². The lowest BCUT2D eigenvalue weighted by molar-refractivity contribution is 0.0456. The Hall–Kier alpha value is 0.200. The van der Waals surface area contributed by atoms with Crippen molar-refractivity contribution in [3.05, 3.63) is 0 Å². The molecule has 0 bridgehead atoms. The van der Waals surface area contributed by atoms with Crippen LogP contribution >= 0.6 is 10.7 Å². The van der Waals surface area contributed by atoms with Crippen LogP contribution in [0.1, 0.15) is 20.8 Å². The topological polar surface area (TPSA) is 43.4 Å². The molecular weight excluding hydrogens is 200 g/mol. The van der Waals surface area contributed by atoms with Gasteiger partial charge in [-0.05, 0) is 12.8 Å². The van der Waals surface area contributed by atoms with E-state index in [0.29, 0.717) is 5.92 Å². The number of hydrogen-bond donors (Lipinski definition) is 0. The molecule has 5 heteroatoms. The highest BCUT2D eigenvalue weighted by atomic mass is 35.7. The Bertz CT molecular complexity index is 211. The van der Waals surface area contributed by atoms with Crippen molar-refractivity contribution in [3.63, 3.8) is 0 Å². The van der Waals surface area contributed by atoms with E-state index in [2.05, 4.69) is 0 Å². The summed E-state index contributed by atoms with van der Waals surface area (Å²) in [6, 6.07) is 0. The average molecular weight is 215 g/mol. The quantitative estimate of drug-likeness (QED) is 0.654. The second-order valence-corrected chi connectivity index (χ2v) is 5.96. The highest BCUT2D eigenvalue weighted by Gasteiger charge is 2.09. The molecule has 1 atom stereocenters. The Morgan fingerprint density at radius 1 is 1.33 bits per heavy atom. The first-order valence-electron chi connectivity index (χ1n) is 3.87. The van der Waals surface area contributed by atoms with Gasteiger partial charge in [-0.2, -0.15) is 0 Å². The summed E-state index contributed by atoms with van der Waals surface area (Å²) in [5.74, 6) is 0.272. The van der Waals surface area contributed by atoms with Gasteiger partial charge in [-0.1, -0.05) is 13.8 Å². The van der Waals surface area contributed by atoms with Gasteiger partial charge in [-0.25, -0.2) is 8.42 Å². The van der Waals surface area contributed by atoms with Crippen molar-refractivity contribution in [2.75, 3.05) is 12.4 Å². The second kappa shape index (κ2) is 5.04. The predicted molar refractivity (Wildman–Crippen MR) is 49.9 cm³/mol. The average Bonchev–Trinajstić information content (AvgIpc) is 1.84.